The van der Waals surface area contributed by atoms with E-state index in [2.05, 4.69) is 45.1 Å². The van der Waals surface area contributed by atoms with E-state index in [1.54, 1.807) is 6.33 Å². The monoisotopic (exact) mass is 271 g/mol. The Morgan fingerprint density at radius 2 is 2.13 bits per heavy atom. The second-order valence-corrected chi connectivity index (χ2v) is 4.85. The number of halogens is 1. The Morgan fingerprint density at radius 3 is 2.80 bits per heavy atom. The van der Waals surface area contributed by atoms with Crippen LogP contribution in [-0.4, -0.2) is 16.5 Å². The highest BCUT2D eigenvalue weighted by Crippen LogP contribution is 2.10. The molecule has 0 saturated heterocycles. The number of nitrogens with one attached hydrogen (secondary N) is 1. The van der Waals surface area contributed by atoms with E-state index in [9.17, 15) is 0 Å². The smallest absolute Gasteiger partial charge is 0.130 e. The predicted octanol–water partition coefficient (Wildman–Crippen LogP) is 3.48. The first-order chi connectivity index (χ1) is 7.18. The Labute approximate surface area is 99.8 Å². The molecule has 0 aliphatic rings. The number of unbranched alkanes of at least 4 members (excludes halogenated alkanes) is 1. The van der Waals surface area contributed by atoms with E-state index >= 15 is 0 Å². The van der Waals surface area contributed by atoms with E-state index in [4.69, 9.17) is 0 Å². The van der Waals surface area contributed by atoms with Gasteiger partial charge in [0, 0.05) is 12.6 Å². The van der Waals surface area contributed by atoms with Crippen molar-refractivity contribution in [1.29, 1.82) is 0 Å². The molecule has 0 bridgehead atoms. The Balaban J connectivity index is 2.15. The highest BCUT2D eigenvalue weighted by Gasteiger charge is 1.96. The summed E-state index contributed by atoms with van der Waals surface area (Å²) < 4.78 is 0.821. The van der Waals surface area contributed by atoms with Crippen LogP contribution in [0.1, 0.15) is 33.1 Å². The molecule has 0 fully saturated rings. The van der Waals surface area contributed by atoms with Crippen LogP contribution in [0.3, 0.4) is 0 Å². The minimum absolute atomic E-state index is 0.804. The van der Waals surface area contributed by atoms with Crippen molar-refractivity contribution in [3.8, 4) is 0 Å². The van der Waals surface area contributed by atoms with Gasteiger partial charge in [-0.3, -0.25) is 0 Å². The lowest BCUT2D eigenvalue weighted by Crippen LogP contribution is -2.03. The van der Waals surface area contributed by atoms with Gasteiger partial charge in [0.25, 0.3) is 0 Å². The lowest BCUT2D eigenvalue weighted by atomic mass is 10.1. The molecule has 1 rings (SSSR count). The first-order valence-corrected chi connectivity index (χ1v) is 6.19. The maximum absolute atomic E-state index is 4.12. The van der Waals surface area contributed by atoms with Crippen LogP contribution in [0.2, 0.25) is 0 Å². The first kappa shape index (κ1) is 12.4. The molecule has 0 amide bonds. The molecule has 1 heterocycles. The van der Waals surface area contributed by atoms with E-state index in [1.807, 2.05) is 6.07 Å². The van der Waals surface area contributed by atoms with Gasteiger partial charge >= 0.3 is 0 Å². The van der Waals surface area contributed by atoms with E-state index in [0.29, 0.717) is 0 Å². The maximum atomic E-state index is 4.12. The Kier molecular flexibility index (Phi) is 5.61. The molecule has 0 unspecified atom stereocenters. The van der Waals surface area contributed by atoms with Gasteiger partial charge < -0.3 is 5.32 Å². The average Bonchev–Trinajstić information content (AvgIpc) is 2.17. The predicted molar refractivity (Wildman–Crippen MR) is 66.9 cm³/mol. The fourth-order valence-corrected chi connectivity index (χ4v) is 1.63. The van der Waals surface area contributed by atoms with Gasteiger partial charge in [-0.2, -0.15) is 0 Å². The summed E-state index contributed by atoms with van der Waals surface area (Å²) in [5.41, 5.74) is 0. The summed E-state index contributed by atoms with van der Waals surface area (Å²) in [6, 6.07) is 1.89. The molecule has 0 aliphatic heterocycles. The third-order valence-corrected chi connectivity index (χ3v) is 2.58. The SMILES string of the molecule is CC(C)CCCCNc1cc(Br)ncn1. The molecule has 0 saturated carbocycles. The molecule has 15 heavy (non-hydrogen) atoms. The van der Waals surface area contributed by atoms with Gasteiger partial charge in [-0.1, -0.05) is 26.7 Å². The molecule has 1 aromatic rings. The third kappa shape index (κ3) is 5.72. The highest BCUT2D eigenvalue weighted by atomic mass is 79.9. The van der Waals surface area contributed by atoms with Crippen molar-refractivity contribution in [2.24, 2.45) is 5.92 Å². The molecule has 0 atom stereocenters. The van der Waals surface area contributed by atoms with Crippen LogP contribution in [0.25, 0.3) is 0 Å². The zero-order valence-corrected chi connectivity index (χ0v) is 10.9. The normalized spacial score (nSPS) is 10.7. The van der Waals surface area contributed by atoms with Crippen LogP contribution in [0.4, 0.5) is 5.82 Å². The van der Waals surface area contributed by atoms with Crippen LogP contribution in [0, 0.1) is 5.92 Å². The van der Waals surface area contributed by atoms with E-state index in [1.165, 1.54) is 19.3 Å². The Hall–Kier alpha value is -0.640. The van der Waals surface area contributed by atoms with Crippen LogP contribution in [0.15, 0.2) is 17.0 Å². The highest BCUT2D eigenvalue weighted by molar-refractivity contribution is 9.10. The Morgan fingerprint density at radius 1 is 1.33 bits per heavy atom. The van der Waals surface area contributed by atoms with Crippen molar-refractivity contribution in [2.45, 2.75) is 33.1 Å². The van der Waals surface area contributed by atoms with Gasteiger partial charge in [0.05, 0.1) is 0 Å². The molecule has 4 heteroatoms. The van der Waals surface area contributed by atoms with Crippen molar-refractivity contribution >= 4 is 21.7 Å². The summed E-state index contributed by atoms with van der Waals surface area (Å²) in [6.07, 6.45) is 5.33. The molecule has 0 radical (unpaired) electrons. The zero-order valence-electron chi connectivity index (χ0n) is 9.33. The summed E-state index contributed by atoms with van der Waals surface area (Å²) in [6.45, 7) is 5.50. The number of hydrogen-bond acceptors (Lipinski definition) is 3. The second-order valence-electron chi connectivity index (χ2n) is 4.04. The number of nitrogens with zero attached hydrogens (tertiary/aromatic N) is 2. The summed E-state index contributed by atoms with van der Waals surface area (Å²) >= 11 is 3.31. The fraction of sp³-hybridized carbons (Fsp3) is 0.636. The number of aromatic nitrogens is 2. The Bertz CT molecular complexity index is 289. The van der Waals surface area contributed by atoms with Gasteiger partial charge in [-0.25, -0.2) is 9.97 Å². The van der Waals surface area contributed by atoms with Crippen LogP contribution in [0.5, 0.6) is 0 Å². The van der Waals surface area contributed by atoms with E-state index in [0.717, 1.165) is 22.9 Å². The maximum Gasteiger partial charge on any atom is 0.130 e. The van der Waals surface area contributed by atoms with E-state index in [-0.39, 0.29) is 0 Å². The number of hydrogen-bond donors (Lipinski definition) is 1. The summed E-state index contributed by atoms with van der Waals surface area (Å²) in [5.74, 6) is 1.69. The molecule has 1 aromatic heterocycles. The standard InChI is InChI=1S/C11H18BrN3/c1-9(2)5-3-4-6-13-11-7-10(12)14-8-15-11/h7-9H,3-6H2,1-2H3,(H,13,14,15). The molecule has 0 spiro atoms. The van der Waals surface area contributed by atoms with E-state index < -0.39 is 0 Å². The van der Waals surface area contributed by atoms with Crippen molar-refractivity contribution in [1.82, 2.24) is 9.97 Å². The minimum atomic E-state index is 0.804. The molecule has 0 aromatic carbocycles. The molecule has 1 N–H and O–H groups in total. The topological polar surface area (TPSA) is 37.8 Å². The quantitative estimate of drug-likeness (QED) is 0.636. The van der Waals surface area contributed by atoms with Gasteiger partial charge in [-0.05, 0) is 28.3 Å². The number of rotatable bonds is 6. The first-order valence-electron chi connectivity index (χ1n) is 5.40. The number of anilines is 1. The third-order valence-electron chi connectivity index (χ3n) is 2.15. The van der Waals surface area contributed by atoms with Gasteiger partial charge in [0.1, 0.15) is 16.7 Å². The van der Waals surface area contributed by atoms with Crippen molar-refractivity contribution < 1.29 is 0 Å². The van der Waals surface area contributed by atoms with Crippen molar-refractivity contribution in [3.05, 3.63) is 17.0 Å². The van der Waals surface area contributed by atoms with Crippen molar-refractivity contribution in [3.63, 3.8) is 0 Å². The van der Waals surface area contributed by atoms with Gasteiger partial charge in [0.2, 0.25) is 0 Å². The lowest BCUT2D eigenvalue weighted by molar-refractivity contribution is 0.544. The van der Waals surface area contributed by atoms with Gasteiger partial charge in [0.15, 0.2) is 0 Å². The van der Waals surface area contributed by atoms with Crippen LogP contribution >= 0.6 is 15.9 Å². The summed E-state index contributed by atoms with van der Waals surface area (Å²) in [5, 5.41) is 3.28. The largest absolute Gasteiger partial charge is 0.370 e. The average molecular weight is 272 g/mol. The van der Waals surface area contributed by atoms with Crippen molar-refractivity contribution in [2.75, 3.05) is 11.9 Å². The molecule has 84 valence electrons. The molecule has 0 aliphatic carbocycles. The lowest BCUT2D eigenvalue weighted by Gasteiger charge is -2.06. The van der Waals surface area contributed by atoms with Gasteiger partial charge in [-0.15, -0.1) is 0 Å². The zero-order chi connectivity index (χ0) is 11.1. The molecule has 3 nitrogen and oxygen atoms in total. The summed E-state index contributed by atoms with van der Waals surface area (Å²) in [4.78, 5) is 8.09. The van der Waals surface area contributed by atoms with Crippen LogP contribution in [-0.2, 0) is 0 Å². The van der Waals surface area contributed by atoms with Crippen LogP contribution < -0.4 is 5.32 Å². The molecular weight excluding hydrogens is 254 g/mol. The molecular formula is C11H18BrN3. The second kappa shape index (κ2) is 6.77. The minimum Gasteiger partial charge on any atom is -0.370 e. The fourth-order valence-electron chi connectivity index (χ4n) is 1.32. The summed E-state index contributed by atoms with van der Waals surface area (Å²) in [7, 11) is 0.